The van der Waals surface area contributed by atoms with E-state index in [1.54, 1.807) is 0 Å². The first kappa shape index (κ1) is 13.8. The maximum atomic E-state index is 11.7. The molecular weight excluding hydrogens is 276 g/mol. The number of nitrogens with one attached hydrogen (secondary N) is 2. The second-order valence-electron chi connectivity index (χ2n) is 7.19. The number of fused-ring (bicyclic) bond motifs is 1. The van der Waals surface area contributed by atoms with E-state index >= 15 is 0 Å². The zero-order chi connectivity index (χ0) is 15.4. The van der Waals surface area contributed by atoms with Gasteiger partial charge in [0, 0.05) is 28.7 Å². The molecule has 5 rings (SSSR count). The van der Waals surface area contributed by atoms with E-state index in [1.165, 1.54) is 23.6 Å². The Labute approximate surface area is 130 Å². The van der Waals surface area contributed by atoms with Crippen molar-refractivity contribution in [3.05, 3.63) is 36.0 Å². The molecule has 0 aliphatic heterocycles. The highest BCUT2D eigenvalue weighted by Gasteiger charge is 2.72. The summed E-state index contributed by atoms with van der Waals surface area (Å²) in [6.07, 6.45) is 5.92. The van der Waals surface area contributed by atoms with Crippen molar-refractivity contribution in [2.75, 3.05) is 7.11 Å². The van der Waals surface area contributed by atoms with Gasteiger partial charge in [0.25, 0.3) is 0 Å². The first-order chi connectivity index (χ1) is 10.6. The molecular formula is C18H22N2O2. The van der Waals surface area contributed by atoms with E-state index in [0.29, 0.717) is 6.04 Å². The number of carbonyl (C=O) groups is 1. The third-order valence-electron chi connectivity index (χ3n) is 5.40. The summed E-state index contributed by atoms with van der Waals surface area (Å²) in [7, 11) is 1.49. The molecule has 4 heteroatoms. The summed E-state index contributed by atoms with van der Waals surface area (Å²) in [4.78, 5) is 15.1. The van der Waals surface area contributed by atoms with Crippen LogP contribution in [-0.4, -0.2) is 29.6 Å². The average Bonchev–Trinajstić information content (AvgIpc) is 2.84. The topological polar surface area (TPSA) is 54.1 Å². The first-order valence-corrected chi connectivity index (χ1v) is 7.97. The van der Waals surface area contributed by atoms with Crippen LogP contribution in [0.4, 0.5) is 0 Å². The van der Waals surface area contributed by atoms with Crippen LogP contribution in [0.5, 0.6) is 0 Å². The van der Waals surface area contributed by atoms with Gasteiger partial charge in [0.2, 0.25) is 0 Å². The molecule has 0 amide bonds. The lowest BCUT2D eigenvalue weighted by molar-refractivity contribution is -0.203. The highest BCUT2D eigenvalue weighted by atomic mass is 16.5. The Morgan fingerprint density at radius 2 is 2.09 bits per heavy atom. The van der Waals surface area contributed by atoms with Crippen molar-refractivity contribution in [3.63, 3.8) is 0 Å². The Morgan fingerprint density at radius 1 is 1.36 bits per heavy atom. The molecule has 22 heavy (non-hydrogen) atoms. The monoisotopic (exact) mass is 298 g/mol. The molecule has 0 saturated heterocycles. The van der Waals surface area contributed by atoms with E-state index in [1.807, 2.05) is 0 Å². The molecule has 116 valence electrons. The number of H-pyrrole nitrogens is 1. The molecule has 1 aromatic heterocycles. The lowest BCUT2D eigenvalue weighted by atomic mass is 9.39. The Balaban J connectivity index is 1.39. The van der Waals surface area contributed by atoms with Gasteiger partial charge in [-0.15, -0.1) is 0 Å². The maximum absolute atomic E-state index is 11.7. The second-order valence-corrected chi connectivity index (χ2v) is 7.19. The Hall–Kier alpha value is -1.81. The number of methoxy groups -OCH3 is 1. The lowest BCUT2D eigenvalue weighted by Gasteiger charge is -2.69. The van der Waals surface area contributed by atoms with Crippen LogP contribution < -0.4 is 5.32 Å². The smallest absolute Gasteiger partial charge is 0.312 e. The summed E-state index contributed by atoms with van der Waals surface area (Å²) in [6, 6.07) is 8.81. The average molecular weight is 298 g/mol. The SMILES string of the molecule is COC(=O)C12CC(NC(C)Cc3c[nH]c4ccccc34)(C1)C2. The zero-order valence-electron chi connectivity index (χ0n) is 13.1. The third kappa shape index (κ3) is 1.90. The van der Waals surface area contributed by atoms with Gasteiger partial charge in [-0.25, -0.2) is 0 Å². The number of ether oxygens (including phenoxy) is 1. The van der Waals surface area contributed by atoms with Gasteiger partial charge in [-0.05, 0) is 44.2 Å². The molecule has 2 N–H and O–H groups in total. The van der Waals surface area contributed by atoms with Gasteiger partial charge < -0.3 is 15.0 Å². The molecule has 1 atom stereocenters. The molecule has 3 aliphatic rings. The summed E-state index contributed by atoms with van der Waals surface area (Å²) >= 11 is 0. The van der Waals surface area contributed by atoms with Gasteiger partial charge in [-0.1, -0.05) is 18.2 Å². The minimum Gasteiger partial charge on any atom is -0.469 e. The number of benzene rings is 1. The molecule has 1 unspecified atom stereocenters. The molecule has 2 bridgehead atoms. The number of hydrogen-bond acceptors (Lipinski definition) is 3. The largest absolute Gasteiger partial charge is 0.469 e. The van der Waals surface area contributed by atoms with Crippen LogP contribution >= 0.6 is 0 Å². The zero-order valence-corrected chi connectivity index (χ0v) is 13.1. The van der Waals surface area contributed by atoms with E-state index in [-0.39, 0.29) is 16.9 Å². The summed E-state index contributed by atoms with van der Waals surface area (Å²) < 4.78 is 4.91. The van der Waals surface area contributed by atoms with Crippen molar-refractivity contribution in [3.8, 4) is 0 Å². The first-order valence-electron chi connectivity index (χ1n) is 7.97. The molecule has 3 fully saturated rings. The van der Waals surface area contributed by atoms with Crippen LogP contribution in [0.3, 0.4) is 0 Å². The van der Waals surface area contributed by atoms with E-state index < -0.39 is 0 Å². The molecule has 4 nitrogen and oxygen atoms in total. The highest BCUT2D eigenvalue weighted by molar-refractivity contribution is 5.83. The fourth-order valence-electron chi connectivity index (χ4n) is 4.58. The number of aromatic amines is 1. The fraction of sp³-hybridized carbons (Fsp3) is 0.500. The molecule has 2 aromatic rings. The number of carbonyl (C=O) groups excluding carboxylic acids is 1. The predicted octanol–water partition coefficient (Wildman–Crippen LogP) is 2.78. The normalized spacial score (nSPS) is 30.5. The van der Waals surface area contributed by atoms with Gasteiger partial charge in [-0.3, -0.25) is 4.79 Å². The van der Waals surface area contributed by atoms with Crippen LogP contribution in [0.15, 0.2) is 30.5 Å². The Bertz CT molecular complexity index is 714. The minimum absolute atomic E-state index is 0.0274. The number of esters is 1. The van der Waals surface area contributed by atoms with Crippen LogP contribution in [0.25, 0.3) is 10.9 Å². The molecule has 0 spiro atoms. The standard InChI is InChI=1S/C18H22N2O2/c1-12(7-13-8-19-15-6-4-3-5-14(13)15)20-18-9-17(10-18,11-18)16(21)22-2/h3-6,8,12,19-20H,7,9-11H2,1-2H3. The lowest BCUT2D eigenvalue weighted by Crippen LogP contribution is -2.77. The Morgan fingerprint density at radius 3 is 2.82 bits per heavy atom. The van der Waals surface area contributed by atoms with Crippen LogP contribution in [0.2, 0.25) is 0 Å². The quantitative estimate of drug-likeness (QED) is 0.835. The van der Waals surface area contributed by atoms with E-state index in [9.17, 15) is 4.79 Å². The Kier molecular flexibility index (Phi) is 2.89. The highest BCUT2D eigenvalue weighted by Crippen LogP contribution is 2.67. The van der Waals surface area contributed by atoms with Gasteiger partial charge in [0.1, 0.15) is 0 Å². The van der Waals surface area contributed by atoms with Gasteiger partial charge >= 0.3 is 5.97 Å². The predicted molar refractivity (Wildman–Crippen MR) is 85.6 cm³/mol. The number of rotatable bonds is 5. The second kappa shape index (κ2) is 4.59. The number of hydrogen-bond donors (Lipinski definition) is 2. The van der Waals surface area contributed by atoms with E-state index in [2.05, 4.69) is 47.7 Å². The molecule has 1 heterocycles. The van der Waals surface area contributed by atoms with Crippen molar-refractivity contribution < 1.29 is 9.53 Å². The van der Waals surface area contributed by atoms with Crippen molar-refractivity contribution in [2.24, 2.45) is 5.41 Å². The summed E-state index contributed by atoms with van der Waals surface area (Å²) in [6.45, 7) is 2.23. The summed E-state index contributed by atoms with van der Waals surface area (Å²) in [5, 5.41) is 5.05. The van der Waals surface area contributed by atoms with Gasteiger partial charge in [0.15, 0.2) is 0 Å². The summed E-state index contributed by atoms with van der Waals surface area (Å²) in [5.74, 6) is -0.0274. The molecule has 3 aliphatic carbocycles. The number of para-hydroxylation sites is 1. The van der Waals surface area contributed by atoms with E-state index in [4.69, 9.17) is 4.74 Å². The molecule has 0 radical (unpaired) electrons. The van der Waals surface area contributed by atoms with Crippen molar-refractivity contribution in [1.29, 1.82) is 0 Å². The molecule has 1 aromatic carbocycles. The van der Waals surface area contributed by atoms with Crippen LogP contribution in [0, 0.1) is 5.41 Å². The number of aromatic nitrogens is 1. The maximum Gasteiger partial charge on any atom is 0.312 e. The fourth-order valence-corrected chi connectivity index (χ4v) is 4.58. The van der Waals surface area contributed by atoms with Crippen LogP contribution in [0.1, 0.15) is 31.7 Å². The van der Waals surface area contributed by atoms with Crippen molar-refractivity contribution in [1.82, 2.24) is 10.3 Å². The van der Waals surface area contributed by atoms with E-state index in [0.717, 1.165) is 25.7 Å². The minimum atomic E-state index is -0.164. The van der Waals surface area contributed by atoms with Gasteiger partial charge in [-0.2, -0.15) is 0 Å². The summed E-state index contributed by atoms with van der Waals surface area (Å²) in [5.41, 5.74) is 2.56. The van der Waals surface area contributed by atoms with Crippen molar-refractivity contribution >= 4 is 16.9 Å². The van der Waals surface area contributed by atoms with Gasteiger partial charge in [0.05, 0.1) is 12.5 Å². The third-order valence-corrected chi connectivity index (χ3v) is 5.40. The van der Waals surface area contributed by atoms with Crippen molar-refractivity contribution in [2.45, 2.75) is 44.2 Å². The molecule has 3 saturated carbocycles. The van der Waals surface area contributed by atoms with Crippen LogP contribution in [-0.2, 0) is 16.0 Å².